The molecule has 1 aromatic rings. The van der Waals surface area contributed by atoms with Gasteiger partial charge in [-0.1, -0.05) is 31.5 Å². The minimum absolute atomic E-state index is 0.289. The Hall–Kier alpha value is -1.35. The van der Waals surface area contributed by atoms with Gasteiger partial charge >= 0.3 is 0 Å². The van der Waals surface area contributed by atoms with Crippen LogP contribution in [0.5, 0.6) is 0 Å². The smallest absolute Gasteiger partial charge is 0.247 e. The molecule has 2 aliphatic rings. The third-order valence-corrected chi connectivity index (χ3v) is 4.46. The molecule has 3 nitrogen and oxygen atoms in total. The average Bonchev–Trinajstić information content (AvgIpc) is 3.05. The first-order chi connectivity index (χ1) is 9.27. The van der Waals surface area contributed by atoms with Gasteiger partial charge in [-0.3, -0.25) is 4.79 Å². The summed E-state index contributed by atoms with van der Waals surface area (Å²) in [4.78, 5) is 15.0. The summed E-state index contributed by atoms with van der Waals surface area (Å²) in [5.41, 5.74) is 2.13. The van der Waals surface area contributed by atoms with E-state index < -0.39 is 0 Å². The summed E-state index contributed by atoms with van der Waals surface area (Å²) in [7, 11) is 0. The molecule has 19 heavy (non-hydrogen) atoms. The molecule has 2 heterocycles. The fourth-order valence-corrected chi connectivity index (χ4v) is 3.54. The molecule has 1 aromatic carbocycles. The van der Waals surface area contributed by atoms with Crippen LogP contribution in [0.25, 0.3) is 0 Å². The van der Waals surface area contributed by atoms with Crippen LogP contribution in [0, 0.1) is 0 Å². The highest BCUT2D eigenvalue weighted by Crippen LogP contribution is 2.33. The molecule has 0 aliphatic carbocycles. The standard InChI is InChI=1S/C16H22N2O/c1-2-9-16(10-5-11-17-16)15(19)18-12-8-13-6-3-4-7-14(13)18/h3-4,6-7,17H,2,5,8-12H2,1H3. The Kier molecular flexibility index (Phi) is 3.31. The van der Waals surface area contributed by atoms with Gasteiger partial charge in [0.1, 0.15) is 0 Å². The van der Waals surface area contributed by atoms with Crippen molar-refractivity contribution in [1.29, 1.82) is 0 Å². The van der Waals surface area contributed by atoms with E-state index in [9.17, 15) is 4.79 Å². The largest absolute Gasteiger partial charge is 0.310 e. The van der Waals surface area contributed by atoms with Crippen molar-refractivity contribution in [3.05, 3.63) is 29.8 Å². The van der Waals surface area contributed by atoms with Crippen LogP contribution >= 0.6 is 0 Å². The molecule has 102 valence electrons. The summed E-state index contributed by atoms with van der Waals surface area (Å²) >= 11 is 0. The highest BCUT2D eigenvalue weighted by molar-refractivity contribution is 6.02. The van der Waals surface area contributed by atoms with Crippen molar-refractivity contribution in [2.24, 2.45) is 0 Å². The highest BCUT2D eigenvalue weighted by atomic mass is 16.2. The first-order valence-electron chi connectivity index (χ1n) is 7.42. The topological polar surface area (TPSA) is 32.3 Å². The molecule has 0 radical (unpaired) electrons. The Morgan fingerprint density at radius 2 is 2.26 bits per heavy atom. The van der Waals surface area contributed by atoms with Crippen molar-refractivity contribution in [3.8, 4) is 0 Å². The van der Waals surface area contributed by atoms with Gasteiger partial charge in [0.25, 0.3) is 0 Å². The number of carbonyl (C=O) groups is 1. The minimum Gasteiger partial charge on any atom is -0.310 e. The Morgan fingerprint density at radius 1 is 1.42 bits per heavy atom. The zero-order valence-electron chi connectivity index (χ0n) is 11.6. The third-order valence-electron chi connectivity index (χ3n) is 4.46. The molecule has 1 unspecified atom stereocenters. The van der Waals surface area contributed by atoms with Gasteiger partial charge < -0.3 is 10.2 Å². The lowest BCUT2D eigenvalue weighted by molar-refractivity contribution is -0.124. The molecule has 0 spiro atoms. The summed E-state index contributed by atoms with van der Waals surface area (Å²) in [5.74, 6) is 0.289. The number of nitrogens with zero attached hydrogens (tertiary/aromatic N) is 1. The van der Waals surface area contributed by atoms with E-state index >= 15 is 0 Å². The molecule has 2 aliphatic heterocycles. The maximum absolute atomic E-state index is 13.0. The van der Waals surface area contributed by atoms with E-state index in [-0.39, 0.29) is 11.4 Å². The number of hydrogen-bond acceptors (Lipinski definition) is 2. The number of rotatable bonds is 3. The lowest BCUT2D eigenvalue weighted by Crippen LogP contribution is -2.54. The SMILES string of the molecule is CCCC1(C(=O)N2CCc3ccccc32)CCCN1. The fourth-order valence-electron chi connectivity index (χ4n) is 3.54. The highest BCUT2D eigenvalue weighted by Gasteiger charge is 2.44. The zero-order chi connectivity index (χ0) is 13.3. The van der Waals surface area contributed by atoms with E-state index in [2.05, 4.69) is 30.4 Å². The van der Waals surface area contributed by atoms with Crippen LogP contribution in [0.2, 0.25) is 0 Å². The van der Waals surface area contributed by atoms with E-state index in [1.807, 2.05) is 11.0 Å². The van der Waals surface area contributed by atoms with Gasteiger partial charge in [-0.2, -0.15) is 0 Å². The lowest BCUT2D eigenvalue weighted by Gasteiger charge is -2.32. The fraction of sp³-hybridized carbons (Fsp3) is 0.562. The van der Waals surface area contributed by atoms with Crippen LogP contribution in [0.15, 0.2) is 24.3 Å². The molecule has 1 fully saturated rings. The molecule has 0 saturated carbocycles. The minimum atomic E-state index is -0.299. The first-order valence-corrected chi connectivity index (χ1v) is 7.42. The van der Waals surface area contributed by atoms with Crippen LogP contribution < -0.4 is 10.2 Å². The van der Waals surface area contributed by atoms with Crippen molar-refractivity contribution in [1.82, 2.24) is 5.32 Å². The maximum atomic E-state index is 13.0. The van der Waals surface area contributed by atoms with Gasteiger partial charge in [0.2, 0.25) is 5.91 Å². The molecular formula is C16H22N2O. The number of amides is 1. The predicted molar refractivity (Wildman–Crippen MR) is 77.4 cm³/mol. The molecule has 0 aromatic heterocycles. The number of hydrogen-bond donors (Lipinski definition) is 1. The number of anilines is 1. The summed E-state index contributed by atoms with van der Waals surface area (Å²) < 4.78 is 0. The molecule has 3 heteroatoms. The normalized spacial score (nSPS) is 25.6. The van der Waals surface area contributed by atoms with E-state index in [0.717, 1.165) is 50.9 Å². The van der Waals surface area contributed by atoms with E-state index in [1.165, 1.54) is 5.56 Å². The predicted octanol–water partition coefficient (Wildman–Crippen LogP) is 2.50. The van der Waals surface area contributed by atoms with Gasteiger partial charge in [0, 0.05) is 12.2 Å². The number of carbonyl (C=O) groups excluding carboxylic acids is 1. The second-order valence-electron chi connectivity index (χ2n) is 5.70. The van der Waals surface area contributed by atoms with E-state index in [0.29, 0.717) is 0 Å². The number of fused-ring (bicyclic) bond motifs is 1. The van der Waals surface area contributed by atoms with Crippen molar-refractivity contribution < 1.29 is 4.79 Å². The van der Waals surface area contributed by atoms with Gasteiger partial charge in [-0.15, -0.1) is 0 Å². The molecule has 1 atom stereocenters. The number of nitrogens with one attached hydrogen (secondary N) is 1. The van der Waals surface area contributed by atoms with E-state index in [1.54, 1.807) is 0 Å². The molecular weight excluding hydrogens is 236 g/mol. The van der Waals surface area contributed by atoms with Gasteiger partial charge in [0.15, 0.2) is 0 Å². The number of benzene rings is 1. The third kappa shape index (κ3) is 2.06. The van der Waals surface area contributed by atoms with Crippen LogP contribution in [0.4, 0.5) is 5.69 Å². The summed E-state index contributed by atoms with van der Waals surface area (Å²) in [6, 6.07) is 8.30. The quantitative estimate of drug-likeness (QED) is 0.903. The van der Waals surface area contributed by atoms with Crippen molar-refractivity contribution in [2.45, 2.75) is 44.6 Å². The second-order valence-corrected chi connectivity index (χ2v) is 5.70. The second kappa shape index (κ2) is 4.97. The van der Waals surface area contributed by atoms with Crippen LogP contribution in [-0.2, 0) is 11.2 Å². The van der Waals surface area contributed by atoms with Crippen molar-refractivity contribution >= 4 is 11.6 Å². The molecule has 1 saturated heterocycles. The van der Waals surface area contributed by atoms with Gasteiger partial charge in [-0.25, -0.2) is 0 Å². The average molecular weight is 258 g/mol. The zero-order valence-corrected chi connectivity index (χ0v) is 11.6. The Morgan fingerprint density at radius 3 is 3.00 bits per heavy atom. The van der Waals surface area contributed by atoms with Gasteiger partial charge in [-0.05, 0) is 43.9 Å². The molecule has 1 N–H and O–H groups in total. The maximum Gasteiger partial charge on any atom is 0.247 e. The summed E-state index contributed by atoms with van der Waals surface area (Å²) in [6.07, 6.45) is 5.09. The van der Waals surface area contributed by atoms with E-state index in [4.69, 9.17) is 0 Å². The van der Waals surface area contributed by atoms with Crippen molar-refractivity contribution in [3.63, 3.8) is 0 Å². The monoisotopic (exact) mass is 258 g/mol. The Bertz CT molecular complexity index is 477. The first kappa shape index (κ1) is 12.7. The van der Waals surface area contributed by atoms with Gasteiger partial charge in [0.05, 0.1) is 5.54 Å². The lowest BCUT2D eigenvalue weighted by atomic mass is 9.90. The summed E-state index contributed by atoms with van der Waals surface area (Å²) in [6.45, 7) is 3.97. The Labute approximate surface area is 115 Å². The number of para-hydroxylation sites is 1. The summed E-state index contributed by atoms with van der Waals surface area (Å²) in [5, 5.41) is 3.49. The Balaban J connectivity index is 1.88. The molecule has 3 rings (SSSR count). The van der Waals surface area contributed by atoms with Crippen LogP contribution in [0.3, 0.4) is 0 Å². The molecule has 1 amide bonds. The van der Waals surface area contributed by atoms with Crippen LogP contribution in [-0.4, -0.2) is 24.5 Å². The van der Waals surface area contributed by atoms with Crippen LogP contribution in [0.1, 0.15) is 38.2 Å². The molecule has 0 bridgehead atoms. The van der Waals surface area contributed by atoms with Crippen molar-refractivity contribution in [2.75, 3.05) is 18.0 Å².